The first-order chi connectivity index (χ1) is 10.7. The average molecular weight is 295 g/mol. The first-order valence-corrected chi connectivity index (χ1v) is 8.15. The lowest BCUT2D eigenvalue weighted by atomic mass is 9.84. The zero-order chi connectivity index (χ0) is 15.1. The van der Waals surface area contributed by atoms with Crippen molar-refractivity contribution in [2.24, 2.45) is 0 Å². The molecule has 0 spiro atoms. The van der Waals surface area contributed by atoms with Crippen molar-refractivity contribution in [3.05, 3.63) is 59.5 Å². The van der Waals surface area contributed by atoms with E-state index in [1.807, 2.05) is 0 Å². The van der Waals surface area contributed by atoms with E-state index in [-0.39, 0.29) is 5.91 Å². The van der Waals surface area contributed by atoms with Crippen molar-refractivity contribution in [2.45, 2.75) is 50.6 Å². The summed E-state index contributed by atoms with van der Waals surface area (Å²) in [5.74, 6) is 1.13. The highest BCUT2D eigenvalue weighted by Crippen LogP contribution is 2.43. The fourth-order valence-corrected chi connectivity index (χ4v) is 4.15. The molecule has 1 aromatic heterocycles. The summed E-state index contributed by atoms with van der Waals surface area (Å²) in [4.78, 5) is 14.7. The molecule has 2 bridgehead atoms. The molecule has 0 saturated carbocycles. The van der Waals surface area contributed by atoms with Gasteiger partial charge >= 0.3 is 0 Å². The van der Waals surface area contributed by atoms with E-state index in [9.17, 15) is 4.79 Å². The molecule has 4 rings (SSSR count). The Morgan fingerprint density at radius 1 is 1.09 bits per heavy atom. The lowest BCUT2D eigenvalue weighted by molar-refractivity contribution is 0.0539. The zero-order valence-electron chi connectivity index (χ0n) is 12.9. The summed E-state index contributed by atoms with van der Waals surface area (Å²) >= 11 is 0. The number of amides is 1. The number of carbonyl (C=O) groups excluding carboxylic acids is 1. The maximum absolute atomic E-state index is 12.6. The highest BCUT2D eigenvalue weighted by Gasteiger charge is 2.44. The third-order valence-electron chi connectivity index (χ3n) is 5.25. The number of benzene rings is 1. The minimum atomic E-state index is 0.0693. The van der Waals surface area contributed by atoms with E-state index in [1.54, 1.807) is 18.4 Å². The van der Waals surface area contributed by atoms with E-state index in [0.717, 1.165) is 25.7 Å². The Morgan fingerprint density at radius 3 is 2.36 bits per heavy atom. The number of fused-ring (bicyclic) bond motifs is 2. The maximum atomic E-state index is 12.6. The molecular weight excluding hydrogens is 274 g/mol. The Hall–Kier alpha value is -2.03. The van der Waals surface area contributed by atoms with E-state index >= 15 is 0 Å². The molecule has 3 heteroatoms. The molecule has 0 aliphatic carbocycles. The van der Waals surface area contributed by atoms with Crippen LogP contribution in [-0.4, -0.2) is 22.9 Å². The number of aryl methyl sites for hydroxylation is 1. The molecule has 2 fully saturated rings. The normalized spacial score (nSPS) is 27.1. The van der Waals surface area contributed by atoms with E-state index in [2.05, 4.69) is 36.1 Å². The highest BCUT2D eigenvalue weighted by molar-refractivity contribution is 5.92. The molecule has 3 nitrogen and oxygen atoms in total. The van der Waals surface area contributed by atoms with Crippen LogP contribution in [0.1, 0.15) is 53.3 Å². The van der Waals surface area contributed by atoms with Gasteiger partial charge in [-0.2, -0.15) is 0 Å². The average Bonchev–Trinajstić information content (AvgIpc) is 3.14. The number of carbonyl (C=O) groups is 1. The fraction of sp³-hybridized carbons (Fsp3) is 0.421. The van der Waals surface area contributed by atoms with Crippen LogP contribution in [0.4, 0.5) is 0 Å². The van der Waals surface area contributed by atoms with Crippen LogP contribution in [-0.2, 0) is 0 Å². The summed E-state index contributed by atoms with van der Waals surface area (Å²) in [6, 6.07) is 13.2. The molecule has 1 aromatic carbocycles. The van der Waals surface area contributed by atoms with Crippen LogP contribution >= 0.6 is 0 Å². The van der Waals surface area contributed by atoms with Crippen molar-refractivity contribution < 1.29 is 9.21 Å². The molecule has 2 atom stereocenters. The lowest BCUT2D eigenvalue weighted by Gasteiger charge is -2.38. The van der Waals surface area contributed by atoms with Crippen LogP contribution in [0.3, 0.4) is 0 Å². The summed E-state index contributed by atoms with van der Waals surface area (Å²) in [5.41, 5.74) is 2.73. The van der Waals surface area contributed by atoms with Crippen LogP contribution in [0.5, 0.6) is 0 Å². The third-order valence-corrected chi connectivity index (χ3v) is 5.25. The summed E-state index contributed by atoms with van der Waals surface area (Å²) in [7, 11) is 0. The smallest absolute Gasteiger partial charge is 0.290 e. The Balaban J connectivity index is 1.54. The number of hydrogen-bond acceptors (Lipinski definition) is 2. The van der Waals surface area contributed by atoms with Crippen molar-refractivity contribution in [3.8, 4) is 0 Å². The first-order valence-electron chi connectivity index (χ1n) is 8.15. The van der Waals surface area contributed by atoms with E-state index in [4.69, 9.17) is 4.42 Å². The van der Waals surface area contributed by atoms with Crippen LogP contribution < -0.4 is 0 Å². The van der Waals surface area contributed by atoms with Crippen LogP contribution in [0, 0.1) is 6.92 Å². The quantitative estimate of drug-likeness (QED) is 0.834. The topological polar surface area (TPSA) is 33.5 Å². The van der Waals surface area contributed by atoms with Crippen molar-refractivity contribution in [1.29, 1.82) is 0 Å². The lowest BCUT2D eigenvalue weighted by Crippen LogP contribution is -2.45. The Morgan fingerprint density at radius 2 is 1.77 bits per heavy atom. The number of rotatable bonds is 2. The highest BCUT2D eigenvalue weighted by atomic mass is 16.3. The second-order valence-corrected chi connectivity index (χ2v) is 6.65. The third kappa shape index (κ3) is 2.25. The molecule has 0 N–H and O–H groups in total. The largest absolute Gasteiger partial charge is 0.459 e. The van der Waals surface area contributed by atoms with Crippen molar-refractivity contribution in [1.82, 2.24) is 4.90 Å². The van der Waals surface area contributed by atoms with E-state index < -0.39 is 0 Å². The summed E-state index contributed by atoms with van der Waals surface area (Å²) in [5, 5.41) is 0. The van der Waals surface area contributed by atoms with Crippen LogP contribution in [0.25, 0.3) is 0 Å². The van der Waals surface area contributed by atoms with Crippen molar-refractivity contribution in [2.75, 3.05) is 0 Å². The van der Waals surface area contributed by atoms with Crippen LogP contribution in [0.15, 0.2) is 47.1 Å². The van der Waals surface area contributed by atoms with Gasteiger partial charge in [-0.3, -0.25) is 4.79 Å². The van der Waals surface area contributed by atoms with Gasteiger partial charge in [0.15, 0.2) is 5.76 Å². The summed E-state index contributed by atoms with van der Waals surface area (Å²) < 4.78 is 5.31. The predicted molar refractivity (Wildman–Crippen MR) is 84.8 cm³/mol. The van der Waals surface area contributed by atoms with Gasteiger partial charge in [-0.25, -0.2) is 0 Å². The molecule has 2 saturated heterocycles. The van der Waals surface area contributed by atoms with Gasteiger partial charge in [-0.15, -0.1) is 0 Å². The molecule has 0 unspecified atom stereocenters. The second-order valence-electron chi connectivity index (χ2n) is 6.65. The number of hydrogen-bond donors (Lipinski definition) is 0. The number of piperidine rings is 1. The summed E-state index contributed by atoms with van der Waals surface area (Å²) in [6.45, 7) is 2.12. The van der Waals surface area contributed by atoms with Gasteiger partial charge in [0, 0.05) is 12.1 Å². The van der Waals surface area contributed by atoms with Gasteiger partial charge in [0.05, 0.1) is 6.26 Å². The summed E-state index contributed by atoms with van der Waals surface area (Å²) in [6.07, 6.45) is 5.98. The van der Waals surface area contributed by atoms with Crippen molar-refractivity contribution >= 4 is 5.91 Å². The van der Waals surface area contributed by atoms with Gasteiger partial charge in [0.1, 0.15) is 0 Å². The standard InChI is InChI=1S/C19H21NO2/c1-13-4-6-14(7-5-13)15-11-16-8-9-17(12-15)20(16)19(21)18-3-2-10-22-18/h2-7,10,15-17H,8-9,11-12H2,1H3/t16-,17-/m1/s1. The van der Waals surface area contributed by atoms with Crippen molar-refractivity contribution in [3.63, 3.8) is 0 Å². The SMILES string of the molecule is Cc1ccc(C2C[C@H]3CC[C@H](C2)N3C(=O)c2ccco2)cc1. The van der Waals surface area contributed by atoms with E-state index in [0.29, 0.717) is 23.8 Å². The molecule has 1 amide bonds. The van der Waals surface area contributed by atoms with Gasteiger partial charge in [-0.05, 0) is 56.2 Å². The molecule has 2 aliphatic heterocycles. The first kappa shape index (κ1) is 13.6. The molecule has 0 radical (unpaired) electrons. The predicted octanol–water partition coefficient (Wildman–Crippen LogP) is 4.14. The van der Waals surface area contributed by atoms with Crippen LogP contribution in [0.2, 0.25) is 0 Å². The number of furan rings is 1. The number of nitrogens with zero attached hydrogens (tertiary/aromatic N) is 1. The minimum absolute atomic E-state index is 0.0693. The van der Waals surface area contributed by atoms with Gasteiger partial charge in [0.2, 0.25) is 0 Å². The molecule has 3 heterocycles. The second kappa shape index (κ2) is 5.31. The molecule has 22 heavy (non-hydrogen) atoms. The van der Waals surface area contributed by atoms with E-state index in [1.165, 1.54) is 11.1 Å². The van der Waals surface area contributed by atoms with Gasteiger partial charge < -0.3 is 9.32 Å². The molecule has 114 valence electrons. The van der Waals surface area contributed by atoms with Gasteiger partial charge in [-0.1, -0.05) is 29.8 Å². The Bertz CT molecular complexity index is 645. The molecular formula is C19H21NO2. The van der Waals surface area contributed by atoms with Gasteiger partial charge in [0.25, 0.3) is 5.91 Å². The molecule has 2 aromatic rings. The molecule has 2 aliphatic rings. The monoisotopic (exact) mass is 295 g/mol. The Labute approximate surface area is 130 Å². The fourth-order valence-electron chi connectivity index (χ4n) is 4.15. The zero-order valence-corrected chi connectivity index (χ0v) is 12.9. The maximum Gasteiger partial charge on any atom is 0.290 e. The minimum Gasteiger partial charge on any atom is -0.459 e. The Kier molecular flexibility index (Phi) is 3.29.